The van der Waals surface area contributed by atoms with Gasteiger partial charge >= 0.3 is 0 Å². The van der Waals surface area contributed by atoms with E-state index in [2.05, 4.69) is 0 Å². The lowest BCUT2D eigenvalue weighted by molar-refractivity contribution is -0.219. The third-order valence-corrected chi connectivity index (χ3v) is 8.70. The molecule has 4 nitrogen and oxygen atoms in total. The van der Waals surface area contributed by atoms with Crippen molar-refractivity contribution in [3.05, 3.63) is 23.8 Å². The Labute approximate surface area is 159 Å². The summed E-state index contributed by atoms with van der Waals surface area (Å²) in [6.45, 7) is 7.01. The lowest BCUT2D eigenvalue weighted by atomic mass is 9.43. The highest BCUT2D eigenvalue weighted by Crippen LogP contribution is 2.70. The van der Waals surface area contributed by atoms with Crippen molar-refractivity contribution in [2.75, 3.05) is 0 Å². The molecule has 0 spiro atoms. The van der Waals surface area contributed by atoms with Crippen molar-refractivity contribution in [1.29, 1.82) is 0 Å². The summed E-state index contributed by atoms with van der Waals surface area (Å²) in [6.07, 6.45) is 4.68. The first-order valence-electron chi connectivity index (χ1n) is 9.97. The van der Waals surface area contributed by atoms with Crippen LogP contribution in [0.2, 0.25) is 0 Å². The first-order valence-corrected chi connectivity index (χ1v) is 9.97. The molecule has 8 atom stereocenters. The number of ketones is 2. The van der Waals surface area contributed by atoms with Crippen LogP contribution in [-0.4, -0.2) is 39.2 Å². The van der Waals surface area contributed by atoms with Crippen LogP contribution < -0.4 is 0 Å². The largest absolute Gasteiger partial charge is 0.390 e. The number of carbonyl (C=O) groups is 2. The Hall–Kier alpha value is -1.33. The van der Waals surface area contributed by atoms with E-state index in [-0.39, 0.29) is 29.8 Å². The zero-order valence-corrected chi connectivity index (χ0v) is 16.5. The topological polar surface area (TPSA) is 74.6 Å². The highest BCUT2D eigenvalue weighted by Gasteiger charge is 2.74. The zero-order valence-electron chi connectivity index (χ0n) is 16.5. The number of carbonyl (C=O) groups excluding carboxylic acids is 2. The summed E-state index contributed by atoms with van der Waals surface area (Å²) in [5.41, 5.74) is -4.59. The molecule has 148 valence electrons. The maximum Gasteiger partial charge on any atom is 0.178 e. The Bertz CT molecular complexity index is 787. The summed E-state index contributed by atoms with van der Waals surface area (Å²) in [7, 11) is 0. The molecular weight excluding hydrogens is 347 g/mol. The highest BCUT2D eigenvalue weighted by atomic mass is 19.1. The minimum Gasteiger partial charge on any atom is -0.390 e. The Morgan fingerprint density at radius 2 is 1.96 bits per heavy atom. The molecule has 0 aliphatic heterocycles. The monoisotopic (exact) mass is 376 g/mol. The van der Waals surface area contributed by atoms with Gasteiger partial charge in [-0.25, -0.2) is 4.39 Å². The van der Waals surface area contributed by atoms with Crippen LogP contribution in [0.15, 0.2) is 23.8 Å². The molecule has 0 bridgehead atoms. The summed E-state index contributed by atoms with van der Waals surface area (Å²) >= 11 is 0. The molecule has 4 aliphatic carbocycles. The van der Waals surface area contributed by atoms with Crippen LogP contribution >= 0.6 is 0 Å². The molecular formula is C22H29FO4. The highest BCUT2D eigenvalue weighted by molar-refractivity contribution is 6.01. The number of halogens is 1. The lowest BCUT2D eigenvalue weighted by Crippen LogP contribution is -2.69. The molecule has 0 aromatic carbocycles. The molecule has 0 heterocycles. The average Bonchev–Trinajstić information content (AvgIpc) is 2.85. The van der Waals surface area contributed by atoms with Crippen LogP contribution in [0.5, 0.6) is 0 Å². The second-order valence-electron chi connectivity index (χ2n) is 9.75. The first-order chi connectivity index (χ1) is 12.4. The summed E-state index contributed by atoms with van der Waals surface area (Å²) in [5.74, 6) is -1.11. The molecule has 0 aromatic rings. The van der Waals surface area contributed by atoms with Gasteiger partial charge in [0.2, 0.25) is 0 Å². The van der Waals surface area contributed by atoms with E-state index in [0.717, 1.165) is 5.57 Å². The van der Waals surface area contributed by atoms with E-state index in [0.29, 0.717) is 19.3 Å². The Morgan fingerprint density at radius 1 is 1.30 bits per heavy atom. The fraction of sp³-hybridized carbons (Fsp3) is 0.727. The van der Waals surface area contributed by atoms with Gasteiger partial charge in [0.1, 0.15) is 5.60 Å². The predicted molar refractivity (Wildman–Crippen MR) is 98.5 cm³/mol. The fourth-order valence-electron chi connectivity index (χ4n) is 7.18. The van der Waals surface area contributed by atoms with Crippen molar-refractivity contribution in [3.63, 3.8) is 0 Å². The number of hydrogen-bond acceptors (Lipinski definition) is 4. The van der Waals surface area contributed by atoms with Gasteiger partial charge in [-0.1, -0.05) is 25.5 Å². The van der Waals surface area contributed by atoms with Crippen LogP contribution in [-0.2, 0) is 9.59 Å². The zero-order chi connectivity index (χ0) is 20.0. The number of fused-ring (bicyclic) bond motifs is 5. The predicted octanol–water partition coefficient (Wildman–Crippen LogP) is 2.92. The van der Waals surface area contributed by atoms with Crippen molar-refractivity contribution in [3.8, 4) is 0 Å². The van der Waals surface area contributed by atoms with Gasteiger partial charge in [0.05, 0.1) is 6.10 Å². The maximum absolute atomic E-state index is 16.9. The molecule has 4 rings (SSSR count). The number of alkyl halides is 1. The van der Waals surface area contributed by atoms with E-state index in [1.165, 1.54) is 19.1 Å². The molecule has 27 heavy (non-hydrogen) atoms. The van der Waals surface area contributed by atoms with Gasteiger partial charge in [-0.3, -0.25) is 9.59 Å². The standard InChI is InChI=1S/C22H29FO4/c1-12-9-17-15-6-8-21(27,13(2)24)20(15,4)11-18(26)22(17,23)19(3)7-5-14(25)10-16(12)19/h5,7,10,12,15,17-18,26-27H,6,8-9,11H2,1-4H3/t12-,15+,17-,18-,19-,20+,21-,22-/m0/s1. The third kappa shape index (κ3) is 2.00. The van der Waals surface area contributed by atoms with Crippen LogP contribution in [0.3, 0.4) is 0 Å². The van der Waals surface area contributed by atoms with Crippen molar-refractivity contribution in [2.45, 2.75) is 70.8 Å². The van der Waals surface area contributed by atoms with E-state index in [9.17, 15) is 19.8 Å². The van der Waals surface area contributed by atoms with Gasteiger partial charge in [-0.05, 0) is 63.5 Å². The fourth-order valence-corrected chi connectivity index (χ4v) is 7.18. The van der Waals surface area contributed by atoms with E-state index in [4.69, 9.17) is 0 Å². The Morgan fingerprint density at radius 3 is 2.59 bits per heavy atom. The van der Waals surface area contributed by atoms with Gasteiger partial charge in [-0.15, -0.1) is 0 Å². The summed E-state index contributed by atoms with van der Waals surface area (Å²) in [4.78, 5) is 24.2. The lowest BCUT2D eigenvalue weighted by Gasteiger charge is -2.63. The quantitative estimate of drug-likeness (QED) is 0.738. The molecule has 5 heteroatoms. The third-order valence-electron chi connectivity index (χ3n) is 8.70. The molecule has 0 aromatic heterocycles. The Kier molecular flexibility index (Phi) is 3.79. The summed E-state index contributed by atoms with van der Waals surface area (Å²) in [5, 5.41) is 22.3. The Balaban J connectivity index is 1.86. The van der Waals surface area contributed by atoms with Gasteiger partial charge in [-0.2, -0.15) is 0 Å². The average molecular weight is 376 g/mol. The molecule has 0 unspecified atom stereocenters. The second-order valence-corrected chi connectivity index (χ2v) is 9.75. The molecule has 2 N–H and O–H groups in total. The van der Waals surface area contributed by atoms with Crippen LogP contribution in [0.1, 0.15) is 53.4 Å². The number of aliphatic hydroxyl groups excluding tert-OH is 1. The van der Waals surface area contributed by atoms with Crippen LogP contribution in [0, 0.1) is 28.6 Å². The number of aliphatic hydroxyl groups is 2. The van der Waals surface area contributed by atoms with Crippen LogP contribution in [0.4, 0.5) is 4.39 Å². The number of hydrogen-bond donors (Lipinski definition) is 2. The van der Waals surface area contributed by atoms with Gasteiger partial charge < -0.3 is 10.2 Å². The first kappa shape index (κ1) is 19.0. The number of Topliss-reactive ketones (excluding diaryl/α,β-unsaturated/α-hetero) is 1. The SMILES string of the molecule is CC(=O)[C@@]1(O)CC[C@@H]2[C@@H]3C[C@H](C)C4=CC(=O)C=C[C@]4(C)[C@@]3(F)[C@@H](O)C[C@]21C. The molecule has 0 amide bonds. The second kappa shape index (κ2) is 5.38. The minimum absolute atomic E-state index is 0.00153. The molecule has 3 fully saturated rings. The van der Waals surface area contributed by atoms with E-state index in [1.54, 1.807) is 13.0 Å². The van der Waals surface area contributed by atoms with E-state index >= 15 is 4.39 Å². The molecule has 4 aliphatic rings. The van der Waals surface area contributed by atoms with Crippen molar-refractivity contribution in [1.82, 2.24) is 0 Å². The van der Waals surface area contributed by atoms with Gasteiger partial charge in [0.25, 0.3) is 0 Å². The van der Waals surface area contributed by atoms with E-state index in [1.807, 2.05) is 13.8 Å². The van der Waals surface area contributed by atoms with E-state index < -0.39 is 34.1 Å². The number of allylic oxidation sites excluding steroid dienone is 4. The molecule has 3 saturated carbocycles. The van der Waals surface area contributed by atoms with Gasteiger partial charge in [0, 0.05) is 16.7 Å². The summed E-state index contributed by atoms with van der Waals surface area (Å²) in [6, 6.07) is 0. The van der Waals surface area contributed by atoms with Crippen LogP contribution in [0.25, 0.3) is 0 Å². The van der Waals surface area contributed by atoms with Crippen molar-refractivity contribution < 1.29 is 24.2 Å². The maximum atomic E-state index is 16.9. The summed E-state index contributed by atoms with van der Waals surface area (Å²) < 4.78 is 16.9. The minimum atomic E-state index is -1.92. The number of rotatable bonds is 1. The van der Waals surface area contributed by atoms with Gasteiger partial charge in [0.15, 0.2) is 17.2 Å². The van der Waals surface area contributed by atoms with Crippen molar-refractivity contribution >= 4 is 11.6 Å². The molecule has 0 saturated heterocycles. The van der Waals surface area contributed by atoms with Crippen molar-refractivity contribution in [2.24, 2.45) is 28.6 Å². The normalized spacial score (nSPS) is 54.0. The smallest absolute Gasteiger partial charge is 0.178 e. The molecule has 0 radical (unpaired) electrons.